The van der Waals surface area contributed by atoms with Crippen LogP contribution < -0.4 is 5.56 Å². The molecule has 1 aromatic heterocycles. The molecule has 5 nitrogen and oxygen atoms in total. The molecule has 0 spiro atoms. The van der Waals surface area contributed by atoms with Crippen LogP contribution in [0, 0.1) is 6.92 Å². The van der Waals surface area contributed by atoms with Gasteiger partial charge in [0.2, 0.25) is 0 Å². The SMILES string of the molecule is Cc1nc2ccccc2c(=O)n1/N=C\c1ccc2ccccc2c1O. The molecule has 0 unspecified atom stereocenters. The number of rotatable bonds is 2. The van der Waals surface area contributed by atoms with Crippen LogP contribution >= 0.6 is 0 Å². The Hall–Kier alpha value is -3.47. The third kappa shape index (κ3) is 2.55. The fraction of sp³-hybridized carbons (Fsp3) is 0.0500. The normalized spacial score (nSPS) is 11.6. The molecule has 0 aliphatic rings. The maximum absolute atomic E-state index is 12.6. The van der Waals surface area contributed by atoms with Crippen molar-refractivity contribution in [1.82, 2.24) is 9.66 Å². The molecule has 0 amide bonds. The van der Waals surface area contributed by atoms with E-state index >= 15 is 0 Å². The lowest BCUT2D eigenvalue weighted by molar-refractivity contribution is 0.480. The van der Waals surface area contributed by atoms with E-state index in [0.717, 1.165) is 10.8 Å². The van der Waals surface area contributed by atoms with Crippen molar-refractivity contribution >= 4 is 27.9 Å². The van der Waals surface area contributed by atoms with Gasteiger partial charge in [0, 0.05) is 10.9 Å². The summed E-state index contributed by atoms with van der Waals surface area (Å²) in [4.78, 5) is 17.0. The molecule has 1 N–H and O–H groups in total. The lowest BCUT2D eigenvalue weighted by Crippen LogP contribution is -2.20. The Morgan fingerprint density at radius 3 is 2.56 bits per heavy atom. The van der Waals surface area contributed by atoms with Crippen molar-refractivity contribution in [3.63, 3.8) is 0 Å². The highest BCUT2D eigenvalue weighted by Crippen LogP contribution is 2.27. The van der Waals surface area contributed by atoms with Crippen LogP contribution in [0.3, 0.4) is 0 Å². The van der Waals surface area contributed by atoms with Gasteiger partial charge in [-0.2, -0.15) is 9.78 Å². The maximum atomic E-state index is 12.6. The number of phenolic OH excluding ortho intramolecular Hbond substituents is 1. The smallest absolute Gasteiger partial charge is 0.282 e. The first-order chi connectivity index (χ1) is 12.1. The van der Waals surface area contributed by atoms with Crippen LogP contribution in [-0.2, 0) is 0 Å². The highest BCUT2D eigenvalue weighted by molar-refractivity contribution is 5.97. The third-order valence-electron chi connectivity index (χ3n) is 4.16. The van der Waals surface area contributed by atoms with Gasteiger partial charge in [0.25, 0.3) is 5.56 Å². The van der Waals surface area contributed by atoms with Crippen molar-refractivity contribution in [2.45, 2.75) is 6.92 Å². The van der Waals surface area contributed by atoms with Crippen LogP contribution in [0.15, 0.2) is 70.6 Å². The number of benzene rings is 3. The monoisotopic (exact) mass is 329 g/mol. The Balaban J connectivity index is 1.84. The fourth-order valence-electron chi connectivity index (χ4n) is 2.87. The van der Waals surface area contributed by atoms with E-state index in [4.69, 9.17) is 0 Å². The molecule has 1 heterocycles. The van der Waals surface area contributed by atoms with Crippen LogP contribution in [0.4, 0.5) is 0 Å². The summed E-state index contributed by atoms with van der Waals surface area (Å²) in [5.74, 6) is 0.626. The number of aromatic hydroxyl groups is 1. The number of phenols is 1. The molecule has 3 aromatic carbocycles. The highest BCUT2D eigenvalue weighted by atomic mass is 16.3. The van der Waals surface area contributed by atoms with Crippen molar-refractivity contribution in [2.75, 3.05) is 0 Å². The molecule has 25 heavy (non-hydrogen) atoms. The van der Waals surface area contributed by atoms with Crippen molar-refractivity contribution < 1.29 is 5.11 Å². The van der Waals surface area contributed by atoms with E-state index in [9.17, 15) is 9.90 Å². The van der Waals surface area contributed by atoms with Crippen LogP contribution in [0.1, 0.15) is 11.4 Å². The van der Waals surface area contributed by atoms with Gasteiger partial charge in [-0.25, -0.2) is 4.98 Å². The van der Waals surface area contributed by atoms with Crippen LogP contribution in [0.25, 0.3) is 21.7 Å². The van der Waals surface area contributed by atoms with E-state index in [1.807, 2.05) is 36.4 Å². The van der Waals surface area contributed by atoms with E-state index in [2.05, 4.69) is 10.1 Å². The number of aromatic nitrogens is 2. The van der Waals surface area contributed by atoms with Gasteiger partial charge in [-0.15, -0.1) is 0 Å². The van der Waals surface area contributed by atoms with Crippen LogP contribution in [0.2, 0.25) is 0 Å². The van der Waals surface area contributed by atoms with Crippen molar-refractivity contribution in [2.24, 2.45) is 5.10 Å². The van der Waals surface area contributed by atoms with Gasteiger partial charge in [-0.05, 0) is 30.5 Å². The molecule has 0 radical (unpaired) electrons. The Morgan fingerprint density at radius 1 is 1.00 bits per heavy atom. The Bertz CT molecular complexity index is 1190. The van der Waals surface area contributed by atoms with E-state index in [-0.39, 0.29) is 11.3 Å². The first-order valence-corrected chi connectivity index (χ1v) is 7.88. The van der Waals surface area contributed by atoms with E-state index in [1.165, 1.54) is 10.9 Å². The predicted molar refractivity (Wildman–Crippen MR) is 99.3 cm³/mol. The zero-order chi connectivity index (χ0) is 17.4. The van der Waals surface area contributed by atoms with Gasteiger partial charge in [-0.1, -0.05) is 42.5 Å². The standard InChI is InChI=1S/C20H15N3O2/c1-13-22-18-9-5-4-8-17(18)20(25)23(13)21-12-15-11-10-14-6-2-3-7-16(14)19(15)24/h2-12,24H,1H3/b21-12-. The molecule has 4 aromatic rings. The van der Waals surface area contributed by atoms with Gasteiger partial charge in [0.15, 0.2) is 0 Å². The lowest BCUT2D eigenvalue weighted by atomic mass is 10.1. The van der Waals surface area contributed by atoms with Gasteiger partial charge >= 0.3 is 0 Å². The molecule has 4 rings (SSSR count). The zero-order valence-electron chi connectivity index (χ0n) is 13.5. The first kappa shape index (κ1) is 15.1. The third-order valence-corrected chi connectivity index (χ3v) is 4.16. The van der Waals surface area contributed by atoms with E-state index in [1.54, 1.807) is 31.2 Å². The minimum Gasteiger partial charge on any atom is -0.507 e. The van der Waals surface area contributed by atoms with E-state index in [0.29, 0.717) is 22.3 Å². The number of fused-ring (bicyclic) bond motifs is 2. The molecular formula is C20H15N3O2. The van der Waals surface area contributed by atoms with Gasteiger partial charge in [0.05, 0.1) is 17.1 Å². The molecule has 122 valence electrons. The second-order valence-corrected chi connectivity index (χ2v) is 5.76. The summed E-state index contributed by atoms with van der Waals surface area (Å²) in [5.41, 5.74) is 0.947. The number of aryl methyl sites for hydroxylation is 1. The number of hydrogen-bond donors (Lipinski definition) is 1. The minimum atomic E-state index is -0.236. The van der Waals surface area contributed by atoms with Gasteiger partial charge < -0.3 is 5.11 Å². The van der Waals surface area contributed by atoms with Crippen LogP contribution in [0.5, 0.6) is 5.75 Å². The van der Waals surface area contributed by atoms with Gasteiger partial charge in [0.1, 0.15) is 11.6 Å². The molecule has 0 aliphatic carbocycles. The Labute approximate surface area is 143 Å². The Kier molecular flexibility index (Phi) is 3.54. The summed E-state index contributed by atoms with van der Waals surface area (Å²) in [6.07, 6.45) is 1.48. The zero-order valence-corrected chi connectivity index (χ0v) is 13.5. The van der Waals surface area contributed by atoms with Crippen molar-refractivity contribution in [3.8, 4) is 5.75 Å². The molecule has 0 aliphatic heterocycles. The van der Waals surface area contributed by atoms with E-state index < -0.39 is 0 Å². The molecule has 5 heteroatoms. The quantitative estimate of drug-likeness (QED) is 0.573. The number of nitrogens with zero attached hydrogens (tertiary/aromatic N) is 3. The topological polar surface area (TPSA) is 67.5 Å². The second-order valence-electron chi connectivity index (χ2n) is 5.76. The molecule has 0 atom stereocenters. The Morgan fingerprint density at radius 2 is 1.72 bits per heavy atom. The molecule has 0 saturated heterocycles. The van der Waals surface area contributed by atoms with Crippen LogP contribution in [-0.4, -0.2) is 21.0 Å². The molecular weight excluding hydrogens is 314 g/mol. The fourth-order valence-corrected chi connectivity index (χ4v) is 2.87. The summed E-state index contributed by atoms with van der Waals surface area (Å²) in [6.45, 7) is 1.73. The number of para-hydroxylation sites is 1. The van der Waals surface area contributed by atoms with Crippen molar-refractivity contribution in [3.05, 3.63) is 82.4 Å². The maximum Gasteiger partial charge on any atom is 0.282 e. The second kappa shape index (κ2) is 5.87. The highest BCUT2D eigenvalue weighted by Gasteiger charge is 2.08. The minimum absolute atomic E-state index is 0.140. The largest absolute Gasteiger partial charge is 0.507 e. The average molecular weight is 329 g/mol. The summed E-state index contributed by atoms with van der Waals surface area (Å²) < 4.78 is 1.25. The summed E-state index contributed by atoms with van der Waals surface area (Å²) in [7, 11) is 0. The summed E-state index contributed by atoms with van der Waals surface area (Å²) in [6, 6.07) is 18.4. The summed E-state index contributed by atoms with van der Waals surface area (Å²) >= 11 is 0. The number of hydrogen-bond acceptors (Lipinski definition) is 4. The molecule has 0 bridgehead atoms. The molecule has 0 saturated carbocycles. The van der Waals surface area contributed by atoms with Gasteiger partial charge in [-0.3, -0.25) is 4.79 Å². The average Bonchev–Trinajstić information content (AvgIpc) is 2.63. The lowest BCUT2D eigenvalue weighted by Gasteiger charge is -2.06. The van der Waals surface area contributed by atoms with Crippen molar-refractivity contribution in [1.29, 1.82) is 0 Å². The molecule has 0 fully saturated rings. The predicted octanol–water partition coefficient (Wildman–Crippen LogP) is 3.45. The summed E-state index contributed by atoms with van der Waals surface area (Å²) in [5, 5.41) is 16.9. The first-order valence-electron chi connectivity index (χ1n) is 7.88.